The van der Waals surface area contributed by atoms with Crippen LogP contribution in [0.25, 0.3) is 0 Å². The zero-order valence-corrected chi connectivity index (χ0v) is 8.59. The number of Topliss-reactive ketones (excluding diaryl/α,β-unsaturated/α-hetero) is 1. The monoisotopic (exact) mass is 224 g/mol. The first kappa shape index (κ1) is 10.8. The van der Waals surface area contributed by atoms with Crippen molar-refractivity contribution in [2.45, 2.75) is 6.73 Å². The SMILES string of the molecule is O=C1CN=CNc2c1ncn2COCCO. The Bertz CT molecular complexity index is 413. The second-order valence-corrected chi connectivity index (χ2v) is 3.21. The van der Waals surface area contributed by atoms with E-state index in [1.54, 1.807) is 4.57 Å². The van der Waals surface area contributed by atoms with Crippen LogP contribution in [0.2, 0.25) is 0 Å². The minimum Gasteiger partial charge on any atom is -0.394 e. The molecule has 2 N–H and O–H groups in total. The van der Waals surface area contributed by atoms with E-state index in [0.29, 0.717) is 11.5 Å². The largest absolute Gasteiger partial charge is 0.394 e. The Balaban J connectivity index is 2.15. The van der Waals surface area contributed by atoms with Gasteiger partial charge in [-0.3, -0.25) is 14.4 Å². The van der Waals surface area contributed by atoms with Gasteiger partial charge < -0.3 is 15.2 Å². The molecule has 0 unspecified atom stereocenters. The van der Waals surface area contributed by atoms with Gasteiger partial charge in [0.05, 0.1) is 25.9 Å². The number of nitrogens with zero attached hydrogens (tertiary/aromatic N) is 3. The summed E-state index contributed by atoms with van der Waals surface area (Å²) < 4.78 is 6.80. The highest BCUT2D eigenvalue weighted by atomic mass is 16.5. The van der Waals surface area contributed by atoms with Gasteiger partial charge in [0.2, 0.25) is 5.78 Å². The smallest absolute Gasteiger partial charge is 0.206 e. The standard InChI is InChI=1S/C9H12N4O3/c14-1-2-16-6-13-5-12-8-7(15)3-10-4-11-9(8)13/h4-5,14H,1-3,6H2,(H,10,11). The number of hydrogen-bond acceptors (Lipinski definition) is 6. The van der Waals surface area contributed by atoms with E-state index in [4.69, 9.17) is 9.84 Å². The van der Waals surface area contributed by atoms with Crippen LogP contribution in [0.3, 0.4) is 0 Å². The Hall–Kier alpha value is -1.73. The number of aromatic nitrogens is 2. The molecule has 0 bridgehead atoms. The number of nitrogens with one attached hydrogen (secondary N) is 1. The van der Waals surface area contributed by atoms with E-state index in [9.17, 15) is 4.79 Å². The maximum absolute atomic E-state index is 11.5. The number of aliphatic hydroxyl groups is 1. The van der Waals surface area contributed by atoms with Crippen molar-refractivity contribution in [2.24, 2.45) is 4.99 Å². The van der Waals surface area contributed by atoms with Crippen LogP contribution in [0.15, 0.2) is 11.3 Å². The van der Waals surface area contributed by atoms with Crippen LogP contribution >= 0.6 is 0 Å². The van der Waals surface area contributed by atoms with Crippen LogP contribution in [0.5, 0.6) is 0 Å². The normalized spacial score (nSPS) is 14.4. The third-order valence-corrected chi connectivity index (χ3v) is 2.10. The molecule has 7 heteroatoms. The van der Waals surface area contributed by atoms with Crippen molar-refractivity contribution in [3.63, 3.8) is 0 Å². The Labute approximate surface area is 91.8 Å². The second kappa shape index (κ2) is 4.86. The van der Waals surface area contributed by atoms with E-state index >= 15 is 0 Å². The van der Waals surface area contributed by atoms with Gasteiger partial charge >= 0.3 is 0 Å². The average molecular weight is 224 g/mol. The van der Waals surface area contributed by atoms with E-state index in [0.717, 1.165) is 0 Å². The lowest BCUT2D eigenvalue weighted by molar-refractivity contribution is 0.0491. The Morgan fingerprint density at radius 1 is 1.62 bits per heavy atom. The number of carbonyl (C=O) groups is 1. The number of ether oxygens (including phenoxy) is 1. The average Bonchev–Trinajstić information content (AvgIpc) is 2.59. The van der Waals surface area contributed by atoms with E-state index in [1.165, 1.54) is 12.7 Å². The molecule has 0 atom stereocenters. The maximum Gasteiger partial charge on any atom is 0.206 e. The van der Waals surface area contributed by atoms with E-state index in [-0.39, 0.29) is 32.3 Å². The van der Waals surface area contributed by atoms with Crippen molar-refractivity contribution in [3.8, 4) is 0 Å². The van der Waals surface area contributed by atoms with E-state index < -0.39 is 0 Å². The van der Waals surface area contributed by atoms with Gasteiger partial charge in [0, 0.05) is 0 Å². The molecule has 0 aliphatic carbocycles. The van der Waals surface area contributed by atoms with E-state index in [2.05, 4.69) is 15.3 Å². The highest BCUT2D eigenvalue weighted by molar-refractivity contribution is 6.03. The van der Waals surface area contributed by atoms with Crippen LogP contribution in [-0.4, -0.2) is 46.5 Å². The molecular formula is C9H12N4O3. The van der Waals surface area contributed by atoms with Crippen molar-refractivity contribution in [1.29, 1.82) is 0 Å². The molecule has 0 amide bonds. The molecule has 0 saturated carbocycles. The molecule has 1 aliphatic heterocycles. The summed E-state index contributed by atoms with van der Waals surface area (Å²) in [5.41, 5.74) is 0.366. The molecule has 0 radical (unpaired) electrons. The predicted molar refractivity (Wildman–Crippen MR) is 56.6 cm³/mol. The van der Waals surface area contributed by atoms with Crippen LogP contribution in [0.1, 0.15) is 10.5 Å². The Morgan fingerprint density at radius 3 is 3.31 bits per heavy atom. The third kappa shape index (κ3) is 2.10. The van der Waals surface area contributed by atoms with Crippen LogP contribution in [0, 0.1) is 0 Å². The molecule has 1 aromatic rings. The fourth-order valence-corrected chi connectivity index (χ4v) is 1.37. The van der Waals surface area contributed by atoms with Crippen molar-refractivity contribution in [2.75, 3.05) is 25.1 Å². The number of imidazole rings is 1. The summed E-state index contributed by atoms with van der Waals surface area (Å²) in [6.45, 7) is 0.547. The summed E-state index contributed by atoms with van der Waals surface area (Å²) in [5, 5.41) is 11.5. The van der Waals surface area contributed by atoms with Crippen LogP contribution in [-0.2, 0) is 11.5 Å². The summed E-state index contributed by atoms with van der Waals surface area (Å²) >= 11 is 0. The first-order valence-electron chi connectivity index (χ1n) is 4.84. The molecule has 0 saturated heterocycles. The van der Waals surface area contributed by atoms with Crippen LogP contribution in [0.4, 0.5) is 5.82 Å². The highest BCUT2D eigenvalue weighted by Gasteiger charge is 2.18. The molecule has 7 nitrogen and oxygen atoms in total. The first-order valence-corrected chi connectivity index (χ1v) is 4.84. The van der Waals surface area contributed by atoms with Crippen molar-refractivity contribution in [1.82, 2.24) is 9.55 Å². The number of aliphatic hydroxyl groups excluding tert-OH is 1. The first-order chi connectivity index (χ1) is 7.83. The van der Waals surface area contributed by atoms with Gasteiger partial charge in [-0.1, -0.05) is 0 Å². The molecule has 1 aliphatic rings. The van der Waals surface area contributed by atoms with Crippen LogP contribution < -0.4 is 5.32 Å². The Morgan fingerprint density at radius 2 is 2.50 bits per heavy atom. The van der Waals surface area contributed by atoms with Crippen molar-refractivity contribution >= 4 is 17.9 Å². The fourth-order valence-electron chi connectivity index (χ4n) is 1.37. The van der Waals surface area contributed by atoms with Gasteiger partial charge in [0.1, 0.15) is 19.1 Å². The van der Waals surface area contributed by atoms with Gasteiger partial charge in [0.25, 0.3) is 0 Å². The topological polar surface area (TPSA) is 88.7 Å². The number of anilines is 1. The van der Waals surface area contributed by atoms with E-state index in [1.807, 2.05) is 0 Å². The maximum atomic E-state index is 11.5. The molecule has 1 aromatic heterocycles. The highest BCUT2D eigenvalue weighted by Crippen LogP contribution is 2.16. The van der Waals surface area contributed by atoms with Crippen molar-refractivity contribution in [3.05, 3.63) is 12.0 Å². The number of hydrogen-bond donors (Lipinski definition) is 2. The molecule has 86 valence electrons. The summed E-state index contributed by atoms with van der Waals surface area (Å²) in [5.74, 6) is 0.446. The van der Waals surface area contributed by atoms with Gasteiger partial charge in [-0.05, 0) is 0 Å². The molecule has 0 spiro atoms. The van der Waals surface area contributed by atoms with Gasteiger partial charge in [-0.15, -0.1) is 0 Å². The van der Waals surface area contributed by atoms with Gasteiger partial charge in [0.15, 0.2) is 5.69 Å². The lowest BCUT2D eigenvalue weighted by Crippen LogP contribution is -2.10. The summed E-state index contributed by atoms with van der Waals surface area (Å²) in [4.78, 5) is 19.4. The molecule has 2 heterocycles. The number of rotatable bonds is 4. The summed E-state index contributed by atoms with van der Waals surface area (Å²) in [6, 6.07) is 0. The second-order valence-electron chi connectivity index (χ2n) is 3.21. The number of aliphatic imine (C=N–C) groups is 1. The Kier molecular flexibility index (Phi) is 3.28. The minimum absolute atomic E-state index is 0.0370. The zero-order chi connectivity index (χ0) is 11.4. The van der Waals surface area contributed by atoms with Gasteiger partial charge in [-0.25, -0.2) is 4.98 Å². The summed E-state index contributed by atoms with van der Waals surface area (Å²) in [6.07, 6.45) is 2.99. The lowest BCUT2D eigenvalue weighted by atomic mass is 10.3. The number of ketones is 1. The van der Waals surface area contributed by atoms with Gasteiger partial charge in [-0.2, -0.15) is 0 Å². The molecule has 0 aromatic carbocycles. The summed E-state index contributed by atoms with van der Waals surface area (Å²) in [7, 11) is 0. The molecule has 2 rings (SSSR count). The van der Waals surface area contributed by atoms with Crippen molar-refractivity contribution < 1.29 is 14.6 Å². The molecular weight excluding hydrogens is 212 g/mol. The number of fused-ring (bicyclic) bond motifs is 1. The predicted octanol–water partition coefficient (Wildman–Crippen LogP) is -0.514. The molecule has 0 fully saturated rings. The number of carbonyl (C=O) groups excluding carboxylic acids is 1. The lowest BCUT2D eigenvalue weighted by Gasteiger charge is -2.07. The zero-order valence-electron chi connectivity index (χ0n) is 8.59. The molecule has 16 heavy (non-hydrogen) atoms. The third-order valence-electron chi connectivity index (χ3n) is 2.10. The fraction of sp³-hybridized carbons (Fsp3) is 0.444. The minimum atomic E-state index is -0.128. The quantitative estimate of drug-likeness (QED) is 0.672.